The fourth-order valence-electron chi connectivity index (χ4n) is 2.27. The molecule has 0 spiro atoms. The fourth-order valence-corrected chi connectivity index (χ4v) is 2.27. The molecule has 1 N–H and O–H groups in total. The fraction of sp³-hybridized carbons (Fsp3) is 0.462. The molecule has 88 valence electrons. The number of aromatic nitrogens is 1. The maximum Gasteiger partial charge on any atom is 0.0343 e. The van der Waals surface area contributed by atoms with E-state index in [9.17, 15) is 0 Å². The number of allylic oxidation sites excluding steroid dienone is 1. The molecule has 1 heterocycles. The Labute approximate surface area is 104 Å². The number of likely N-dealkylation sites (N-methyl/N-ethyl adjacent to an activating group) is 1. The second-order valence-corrected chi connectivity index (χ2v) is 4.06. The molecule has 0 aromatic carbocycles. The van der Waals surface area contributed by atoms with Gasteiger partial charge in [0.2, 0.25) is 0 Å². The Balaban J connectivity index is 0.00000128. The van der Waals surface area contributed by atoms with Gasteiger partial charge in [-0.05, 0) is 49.9 Å². The molecule has 0 atom stereocenters. The molecule has 0 radical (unpaired) electrons. The summed E-state index contributed by atoms with van der Waals surface area (Å²) >= 11 is 0. The minimum atomic E-state index is 0. The Morgan fingerprint density at radius 3 is 2.81 bits per heavy atom. The molecule has 1 aromatic heterocycles. The molecule has 0 bridgehead atoms. The van der Waals surface area contributed by atoms with E-state index in [1.165, 1.54) is 36.8 Å². The van der Waals surface area contributed by atoms with Gasteiger partial charge in [0.25, 0.3) is 0 Å². The number of hydrogen-bond acceptors (Lipinski definition) is 2. The van der Waals surface area contributed by atoms with Gasteiger partial charge in [-0.2, -0.15) is 0 Å². The van der Waals surface area contributed by atoms with Gasteiger partial charge >= 0.3 is 0 Å². The summed E-state index contributed by atoms with van der Waals surface area (Å²) in [4.78, 5) is 4.20. The number of nitrogens with one attached hydrogen (secondary N) is 1. The summed E-state index contributed by atoms with van der Waals surface area (Å²) in [6.45, 7) is 1.02. The van der Waals surface area contributed by atoms with Gasteiger partial charge in [-0.3, -0.25) is 4.98 Å². The number of hydrogen-bond donors (Lipinski definition) is 1. The maximum atomic E-state index is 4.20. The standard InChI is InChI=1S/C13H18N2.ClH/c1-14-9-11-5-2-3-7-13(11)12-6-4-8-15-10-12;/h4,6,8,10,14H,2-3,5,7,9H2,1H3;1H. The van der Waals surface area contributed by atoms with Crippen LogP contribution in [0.3, 0.4) is 0 Å². The summed E-state index contributed by atoms with van der Waals surface area (Å²) in [5, 5.41) is 3.26. The van der Waals surface area contributed by atoms with E-state index in [-0.39, 0.29) is 12.4 Å². The molecule has 2 nitrogen and oxygen atoms in total. The highest BCUT2D eigenvalue weighted by Gasteiger charge is 2.13. The van der Waals surface area contributed by atoms with Gasteiger partial charge in [0, 0.05) is 18.9 Å². The highest BCUT2D eigenvalue weighted by Crippen LogP contribution is 2.31. The van der Waals surface area contributed by atoms with Gasteiger partial charge in [0.1, 0.15) is 0 Å². The van der Waals surface area contributed by atoms with Crippen LogP contribution in [-0.2, 0) is 0 Å². The lowest BCUT2D eigenvalue weighted by molar-refractivity contribution is 0.685. The van der Waals surface area contributed by atoms with E-state index in [1.54, 1.807) is 5.57 Å². The third-order valence-corrected chi connectivity index (χ3v) is 2.98. The maximum absolute atomic E-state index is 4.20. The first-order valence-corrected chi connectivity index (χ1v) is 5.67. The van der Waals surface area contributed by atoms with Crippen LogP contribution in [0, 0.1) is 0 Å². The van der Waals surface area contributed by atoms with Crippen molar-refractivity contribution < 1.29 is 0 Å². The summed E-state index contributed by atoms with van der Waals surface area (Å²) in [6, 6.07) is 4.19. The molecule has 0 amide bonds. The summed E-state index contributed by atoms with van der Waals surface area (Å²) in [5.41, 5.74) is 4.39. The lowest BCUT2D eigenvalue weighted by Gasteiger charge is -2.20. The largest absolute Gasteiger partial charge is 0.316 e. The Bertz CT molecular complexity index is 346. The first kappa shape index (κ1) is 13.2. The lowest BCUT2D eigenvalue weighted by Crippen LogP contribution is -2.14. The minimum Gasteiger partial charge on any atom is -0.316 e. The molecular weight excluding hydrogens is 220 g/mol. The normalized spacial score (nSPS) is 15.8. The summed E-state index contributed by atoms with van der Waals surface area (Å²) in [7, 11) is 2.02. The van der Waals surface area contributed by atoms with E-state index in [4.69, 9.17) is 0 Å². The Morgan fingerprint density at radius 2 is 2.12 bits per heavy atom. The van der Waals surface area contributed by atoms with E-state index < -0.39 is 0 Å². The number of halogens is 1. The molecule has 0 aliphatic heterocycles. The zero-order chi connectivity index (χ0) is 10.5. The van der Waals surface area contributed by atoms with Crippen LogP contribution in [0.15, 0.2) is 30.1 Å². The van der Waals surface area contributed by atoms with Crippen LogP contribution < -0.4 is 5.32 Å². The SMILES string of the molecule is CNCC1=C(c2cccnc2)CCCC1.Cl. The predicted octanol–water partition coefficient (Wildman–Crippen LogP) is 3.05. The first-order chi connectivity index (χ1) is 7.42. The molecule has 0 saturated carbocycles. The Hall–Kier alpha value is -0.860. The van der Waals surface area contributed by atoms with Crippen LogP contribution >= 0.6 is 12.4 Å². The van der Waals surface area contributed by atoms with Gasteiger partial charge in [-0.15, -0.1) is 12.4 Å². The number of rotatable bonds is 3. The summed E-state index contributed by atoms with van der Waals surface area (Å²) in [5.74, 6) is 0. The molecule has 3 heteroatoms. The predicted molar refractivity (Wildman–Crippen MR) is 70.8 cm³/mol. The first-order valence-electron chi connectivity index (χ1n) is 5.67. The average Bonchev–Trinajstić information content (AvgIpc) is 2.31. The van der Waals surface area contributed by atoms with Crippen LogP contribution in [0.2, 0.25) is 0 Å². The zero-order valence-electron chi connectivity index (χ0n) is 9.70. The van der Waals surface area contributed by atoms with Crippen LogP contribution in [0.4, 0.5) is 0 Å². The van der Waals surface area contributed by atoms with Crippen molar-refractivity contribution in [3.05, 3.63) is 35.7 Å². The molecular formula is C13H19ClN2. The number of pyridine rings is 1. The third kappa shape index (κ3) is 3.06. The van der Waals surface area contributed by atoms with Crippen LogP contribution in [-0.4, -0.2) is 18.6 Å². The van der Waals surface area contributed by atoms with Crippen LogP contribution in [0.5, 0.6) is 0 Å². The topological polar surface area (TPSA) is 24.9 Å². The molecule has 1 aromatic rings. The monoisotopic (exact) mass is 238 g/mol. The molecule has 0 fully saturated rings. The van der Waals surface area contributed by atoms with Gasteiger partial charge in [-0.25, -0.2) is 0 Å². The average molecular weight is 239 g/mol. The zero-order valence-corrected chi connectivity index (χ0v) is 10.5. The van der Waals surface area contributed by atoms with Crippen molar-refractivity contribution in [2.75, 3.05) is 13.6 Å². The molecule has 1 aliphatic rings. The number of nitrogens with zero attached hydrogens (tertiary/aromatic N) is 1. The van der Waals surface area contributed by atoms with Crippen molar-refractivity contribution >= 4 is 18.0 Å². The van der Waals surface area contributed by atoms with E-state index in [2.05, 4.69) is 16.4 Å². The van der Waals surface area contributed by atoms with Gasteiger partial charge < -0.3 is 5.32 Å². The van der Waals surface area contributed by atoms with E-state index in [0.29, 0.717) is 0 Å². The van der Waals surface area contributed by atoms with E-state index >= 15 is 0 Å². The van der Waals surface area contributed by atoms with Crippen molar-refractivity contribution in [2.45, 2.75) is 25.7 Å². The van der Waals surface area contributed by atoms with Crippen molar-refractivity contribution in [2.24, 2.45) is 0 Å². The highest BCUT2D eigenvalue weighted by molar-refractivity contribution is 5.85. The quantitative estimate of drug-likeness (QED) is 0.876. The van der Waals surface area contributed by atoms with E-state index in [1.807, 2.05) is 25.5 Å². The molecule has 0 saturated heterocycles. The van der Waals surface area contributed by atoms with Crippen molar-refractivity contribution in [1.82, 2.24) is 10.3 Å². The van der Waals surface area contributed by atoms with E-state index in [0.717, 1.165) is 6.54 Å². The highest BCUT2D eigenvalue weighted by atomic mass is 35.5. The second-order valence-electron chi connectivity index (χ2n) is 4.06. The van der Waals surface area contributed by atoms with Crippen LogP contribution in [0.25, 0.3) is 5.57 Å². The summed E-state index contributed by atoms with van der Waals surface area (Å²) < 4.78 is 0. The van der Waals surface area contributed by atoms with Gasteiger partial charge in [0.05, 0.1) is 0 Å². The molecule has 16 heavy (non-hydrogen) atoms. The van der Waals surface area contributed by atoms with Gasteiger partial charge in [0.15, 0.2) is 0 Å². The summed E-state index contributed by atoms with van der Waals surface area (Å²) in [6.07, 6.45) is 8.92. The molecule has 1 aliphatic carbocycles. The molecule has 0 unspecified atom stereocenters. The van der Waals surface area contributed by atoms with Gasteiger partial charge in [-0.1, -0.05) is 11.6 Å². The van der Waals surface area contributed by atoms with Crippen molar-refractivity contribution in [3.63, 3.8) is 0 Å². The Kier molecular flexibility index (Phi) is 5.50. The van der Waals surface area contributed by atoms with Crippen molar-refractivity contribution in [3.8, 4) is 0 Å². The van der Waals surface area contributed by atoms with Crippen molar-refractivity contribution in [1.29, 1.82) is 0 Å². The van der Waals surface area contributed by atoms with Crippen LogP contribution in [0.1, 0.15) is 31.2 Å². The third-order valence-electron chi connectivity index (χ3n) is 2.98. The smallest absolute Gasteiger partial charge is 0.0343 e. The minimum absolute atomic E-state index is 0. The second kappa shape index (κ2) is 6.66. The molecule has 2 rings (SSSR count). The Morgan fingerprint density at radius 1 is 1.31 bits per heavy atom. The lowest BCUT2D eigenvalue weighted by atomic mass is 9.88.